The molecule has 1 atom stereocenters. The Morgan fingerprint density at radius 2 is 2.19 bits per heavy atom. The van der Waals surface area contributed by atoms with E-state index < -0.39 is 0 Å². The lowest BCUT2D eigenvalue weighted by atomic mass is 10.2. The van der Waals surface area contributed by atoms with E-state index in [-0.39, 0.29) is 23.1 Å². The highest BCUT2D eigenvalue weighted by Crippen LogP contribution is 2.18. The molecule has 6 nitrogen and oxygen atoms in total. The molecule has 16 heavy (non-hydrogen) atoms. The summed E-state index contributed by atoms with van der Waals surface area (Å²) in [7, 11) is 1.57. The SMILES string of the molecule is COCC(CCO)Nc1nc(Cl)nnc1Cl. The minimum atomic E-state index is -0.111. The van der Waals surface area contributed by atoms with E-state index in [0.29, 0.717) is 18.8 Å². The van der Waals surface area contributed by atoms with Crippen molar-refractivity contribution in [1.82, 2.24) is 15.2 Å². The third-order valence-electron chi connectivity index (χ3n) is 1.81. The number of aliphatic hydroxyl groups excluding tert-OH is 1. The Balaban J connectivity index is 2.71. The molecular weight excluding hydrogens is 255 g/mol. The number of halogens is 2. The molecule has 0 amide bonds. The highest BCUT2D eigenvalue weighted by molar-refractivity contribution is 6.32. The molecule has 0 aliphatic heterocycles. The number of hydrogen-bond acceptors (Lipinski definition) is 6. The van der Waals surface area contributed by atoms with Gasteiger partial charge in [0.2, 0.25) is 5.28 Å². The van der Waals surface area contributed by atoms with Gasteiger partial charge in [-0.15, -0.1) is 10.2 Å². The first-order valence-electron chi connectivity index (χ1n) is 4.59. The highest BCUT2D eigenvalue weighted by Gasteiger charge is 2.12. The van der Waals surface area contributed by atoms with Gasteiger partial charge in [-0.25, -0.2) is 0 Å². The highest BCUT2D eigenvalue weighted by atomic mass is 35.5. The second-order valence-corrected chi connectivity index (χ2v) is 3.73. The second-order valence-electron chi connectivity index (χ2n) is 3.03. The quantitative estimate of drug-likeness (QED) is 0.800. The van der Waals surface area contributed by atoms with Crippen LogP contribution < -0.4 is 5.32 Å². The minimum absolute atomic E-state index is 0.00654. The zero-order valence-electron chi connectivity index (χ0n) is 8.65. The molecule has 0 saturated heterocycles. The van der Waals surface area contributed by atoms with E-state index in [2.05, 4.69) is 20.5 Å². The fraction of sp³-hybridized carbons (Fsp3) is 0.625. The molecule has 1 unspecified atom stereocenters. The molecule has 1 aromatic heterocycles. The Bertz CT molecular complexity index is 334. The lowest BCUT2D eigenvalue weighted by Gasteiger charge is -2.17. The number of aliphatic hydroxyl groups is 1. The van der Waals surface area contributed by atoms with E-state index in [9.17, 15) is 0 Å². The zero-order valence-corrected chi connectivity index (χ0v) is 10.2. The van der Waals surface area contributed by atoms with Crippen LogP contribution in [0, 0.1) is 0 Å². The molecule has 8 heteroatoms. The minimum Gasteiger partial charge on any atom is -0.396 e. The Morgan fingerprint density at radius 3 is 2.81 bits per heavy atom. The van der Waals surface area contributed by atoms with E-state index in [1.54, 1.807) is 7.11 Å². The summed E-state index contributed by atoms with van der Waals surface area (Å²) in [6, 6.07) is -0.111. The van der Waals surface area contributed by atoms with Gasteiger partial charge in [0.15, 0.2) is 11.0 Å². The van der Waals surface area contributed by atoms with Crippen LogP contribution in [0.4, 0.5) is 5.82 Å². The molecule has 90 valence electrons. The molecule has 0 radical (unpaired) electrons. The number of nitrogens with one attached hydrogen (secondary N) is 1. The van der Waals surface area contributed by atoms with Gasteiger partial charge in [0.05, 0.1) is 12.6 Å². The lowest BCUT2D eigenvalue weighted by Crippen LogP contribution is -2.27. The van der Waals surface area contributed by atoms with Gasteiger partial charge in [0.25, 0.3) is 0 Å². The molecule has 1 rings (SSSR count). The van der Waals surface area contributed by atoms with Gasteiger partial charge in [0.1, 0.15) is 0 Å². The maximum atomic E-state index is 8.86. The van der Waals surface area contributed by atoms with E-state index in [1.165, 1.54) is 0 Å². The van der Waals surface area contributed by atoms with E-state index in [1.807, 2.05) is 0 Å². The van der Waals surface area contributed by atoms with Crippen LogP contribution in [0.3, 0.4) is 0 Å². The molecule has 1 aromatic rings. The number of aromatic nitrogens is 3. The van der Waals surface area contributed by atoms with E-state index >= 15 is 0 Å². The molecule has 0 bridgehead atoms. The topological polar surface area (TPSA) is 80.2 Å². The second kappa shape index (κ2) is 6.80. The molecule has 0 spiro atoms. The van der Waals surface area contributed by atoms with Crippen molar-refractivity contribution in [2.24, 2.45) is 0 Å². The third-order valence-corrected chi connectivity index (χ3v) is 2.22. The molecule has 0 saturated carbocycles. The monoisotopic (exact) mass is 266 g/mol. The average molecular weight is 267 g/mol. The smallest absolute Gasteiger partial charge is 0.245 e. The van der Waals surface area contributed by atoms with Crippen molar-refractivity contribution >= 4 is 29.0 Å². The number of anilines is 1. The summed E-state index contributed by atoms with van der Waals surface area (Å²) >= 11 is 11.4. The Hall–Kier alpha value is -0.690. The van der Waals surface area contributed by atoms with Gasteiger partial charge in [-0.05, 0) is 18.0 Å². The maximum Gasteiger partial charge on any atom is 0.245 e. The van der Waals surface area contributed by atoms with Crippen LogP contribution in [-0.4, -0.2) is 46.7 Å². The fourth-order valence-corrected chi connectivity index (χ4v) is 1.39. The number of ether oxygens (including phenoxy) is 1. The van der Waals surface area contributed by atoms with Gasteiger partial charge >= 0.3 is 0 Å². The normalized spacial score (nSPS) is 12.5. The van der Waals surface area contributed by atoms with Gasteiger partial charge in [-0.1, -0.05) is 11.6 Å². The lowest BCUT2D eigenvalue weighted by molar-refractivity contribution is 0.170. The first-order chi connectivity index (χ1) is 7.67. The average Bonchev–Trinajstić information content (AvgIpc) is 2.24. The summed E-state index contributed by atoms with van der Waals surface area (Å²) < 4.78 is 4.99. The first kappa shape index (κ1) is 13.4. The van der Waals surface area contributed by atoms with Crippen molar-refractivity contribution < 1.29 is 9.84 Å². The number of hydrogen-bond donors (Lipinski definition) is 2. The van der Waals surface area contributed by atoms with Crippen LogP contribution >= 0.6 is 23.2 Å². The summed E-state index contributed by atoms with van der Waals surface area (Å²) in [5.41, 5.74) is 0. The predicted molar refractivity (Wildman–Crippen MR) is 60.8 cm³/mol. The number of methoxy groups -OCH3 is 1. The molecule has 0 aromatic carbocycles. The molecule has 0 aliphatic rings. The summed E-state index contributed by atoms with van der Waals surface area (Å²) in [4.78, 5) is 3.89. The number of nitrogens with zero attached hydrogens (tertiary/aromatic N) is 3. The van der Waals surface area contributed by atoms with Gasteiger partial charge < -0.3 is 15.2 Å². The summed E-state index contributed by atoms with van der Waals surface area (Å²) in [6.45, 7) is 0.448. The van der Waals surface area contributed by atoms with Crippen LogP contribution in [0.2, 0.25) is 10.4 Å². The number of rotatable bonds is 6. The standard InChI is InChI=1S/C8H12Cl2N4O2/c1-16-4-5(2-3-15)11-7-6(9)13-14-8(10)12-7/h5,15H,2-4H2,1H3,(H,11,12,14). The van der Waals surface area contributed by atoms with Crippen molar-refractivity contribution in [2.45, 2.75) is 12.5 Å². The molecule has 0 aliphatic carbocycles. The first-order valence-corrected chi connectivity index (χ1v) is 5.35. The van der Waals surface area contributed by atoms with Crippen molar-refractivity contribution in [3.05, 3.63) is 10.4 Å². The van der Waals surface area contributed by atoms with Crippen LogP contribution in [0.15, 0.2) is 0 Å². The maximum absolute atomic E-state index is 8.86. The van der Waals surface area contributed by atoms with Gasteiger partial charge in [0, 0.05) is 13.7 Å². The van der Waals surface area contributed by atoms with Crippen molar-refractivity contribution in [1.29, 1.82) is 0 Å². The summed E-state index contributed by atoms with van der Waals surface area (Å²) in [5, 5.41) is 19.1. The fourth-order valence-electron chi connectivity index (χ4n) is 1.13. The Morgan fingerprint density at radius 1 is 1.44 bits per heavy atom. The van der Waals surface area contributed by atoms with E-state index in [4.69, 9.17) is 33.0 Å². The molecular formula is C8H12Cl2N4O2. The molecule has 0 fully saturated rings. The van der Waals surface area contributed by atoms with Crippen LogP contribution in [-0.2, 0) is 4.74 Å². The van der Waals surface area contributed by atoms with Gasteiger partial charge in [-0.3, -0.25) is 0 Å². The van der Waals surface area contributed by atoms with Gasteiger partial charge in [-0.2, -0.15) is 4.98 Å². The Kier molecular flexibility index (Phi) is 5.68. The van der Waals surface area contributed by atoms with Crippen molar-refractivity contribution in [3.8, 4) is 0 Å². The summed E-state index contributed by atoms with van der Waals surface area (Å²) in [6.07, 6.45) is 0.506. The zero-order chi connectivity index (χ0) is 12.0. The Labute approximate surface area is 103 Å². The molecule has 2 N–H and O–H groups in total. The largest absolute Gasteiger partial charge is 0.396 e. The summed E-state index contributed by atoms with van der Waals surface area (Å²) in [5.74, 6) is 0.331. The van der Waals surface area contributed by atoms with E-state index in [0.717, 1.165) is 0 Å². The predicted octanol–water partition coefficient (Wildman–Crippen LogP) is 0.988. The molecule has 1 heterocycles. The van der Waals surface area contributed by atoms with Crippen LogP contribution in [0.5, 0.6) is 0 Å². The van der Waals surface area contributed by atoms with Crippen molar-refractivity contribution in [3.63, 3.8) is 0 Å². The van der Waals surface area contributed by atoms with Crippen molar-refractivity contribution in [2.75, 3.05) is 25.6 Å². The third kappa shape index (κ3) is 4.05. The van der Waals surface area contributed by atoms with Crippen LogP contribution in [0.25, 0.3) is 0 Å². The van der Waals surface area contributed by atoms with Crippen LogP contribution in [0.1, 0.15) is 6.42 Å².